The molecule has 0 radical (unpaired) electrons. The molecule has 1 N–H and O–H groups in total. The Balaban J connectivity index is 2.83. The monoisotopic (exact) mass is 168 g/mol. The van der Waals surface area contributed by atoms with Gasteiger partial charge in [0.2, 0.25) is 0 Å². The smallest absolute Gasteiger partial charge is 0.390 e. The van der Waals surface area contributed by atoms with E-state index in [2.05, 4.69) is 12.5 Å². The molecule has 1 aromatic rings. The fourth-order valence-corrected chi connectivity index (χ4v) is 0.948. The molecule has 0 fully saturated rings. The first kappa shape index (κ1) is 8.49. The zero-order valence-corrected chi connectivity index (χ0v) is 7.08. The number of ether oxygens (including phenoxy) is 1. The molecule has 0 saturated carbocycles. The van der Waals surface area contributed by atoms with Crippen molar-refractivity contribution in [2.45, 2.75) is 0 Å². The molecule has 0 aliphatic carbocycles. The van der Waals surface area contributed by atoms with Gasteiger partial charge < -0.3 is 9.76 Å². The number of hydrogen-bond donors (Lipinski definition) is 2. The summed E-state index contributed by atoms with van der Waals surface area (Å²) in [5.74, 6) is 0.780. The maximum Gasteiger partial charge on any atom is 0.390 e. The predicted octanol–water partition coefficient (Wildman–Crippen LogP) is 0.312. The second-order valence-corrected chi connectivity index (χ2v) is 2.64. The second kappa shape index (κ2) is 3.69. The van der Waals surface area contributed by atoms with Crippen LogP contribution >= 0.6 is 12.5 Å². The van der Waals surface area contributed by atoms with Crippen LogP contribution in [-0.4, -0.2) is 18.3 Å². The summed E-state index contributed by atoms with van der Waals surface area (Å²) in [4.78, 5) is 0. The third kappa shape index (κ3) is 2.17. The quantitative estimate of drug-likeness (QED) is 0.491. The van der Waals surface area contributed by atoms with Gasteiger partial charge in [-0.15, -0.1) is 0 Å². The first-order valence-electron chi connectivity index (χ1n) is 3.24. The van der Waals surface area contributed by atoms with E-state index in [1.807, 2.05) is 0 Å². The Morgan fingerprint density at radius 3 is 2.27 bits per heavy atom. The molecule has 1 aromatic carbocycles. The van der Waals surface area contributed by atoms with Crippen LogP contribution in [0.1, 0.15) is 0 Å². The highest BCUT2D eigenvalue weighted by Gasteiger charge is 2.06. The first-order valence-corrected chi connectivity index (χ1v) is 3.76. The molecule has 0 bridgehead atoms. The van der Waals surface area contributed by atoms with Crippen molar-refractivity contribution in [3.8, 4) is 5.75 Å². The van der Waals surface area contributed by atoms with Gasteiger partial charge in [0.05, 0.1) is 7.11 Å². The maximum atomic E-state index is 9.01. The number of benzene rings is 1. The molecule has 0 saturated heterocycles. The predicted molar refractivity (Wildman–Crippen MR) is 49.6 cm³/mol. The van der Waals surface area contributed by atoms with Gasteiger partial charge in [-0.2, -0.15) is 12.5 Å². The van der Waals surface area contributed by atoms with Gasteiger partial charge in [-0.05, 0) is 17.6 Å². The fourth-order valence-electron chi connectivity index (χ4n) is 0.776. The highest BCUT2D eigenvalue weighted by atomic mass is 32.1. The zero-order valence-electron chi connectivity index (χ0n) is 6.19. The summed E-state index contributed by atoms with van der Waals surface area (Å²) in [6.45, 7) is 0. The molecule has 0 atom stereocenters. The van der Waals surface area contributed by atoms with Crippen molar-refractivity contribution in [1.82, 2.24) is 0 Å². The van der Waals surface area contributed by atoms with E-state index in [4.69, 9.17) is 9.76 Å². The van der Waals surface area contributed by atoms with Crippen LogP contribution in [0.2, 0.25) is 0 Å². The molecule has 0 aromatic heterocycles. The first-order chi connectivity index (χ1) is 5.24. The molecule has 0 heterocycles. The van der Waals surface area contributed by atoms with E-state index < -0.39 is 6.19 Å². The molecule has 4 heteroatoms. The lowest BCUT2D eigenvalue weighted by atomic mass is 9.87. The van der Waals surface area contributed by atoms with Crippen molar-refractivity contribution in [1.29, 1.82) is 0 Å². The van der Waals surface area contributed by atoms with Gasteiger partial charge in [-0.1, -0.05) is 12.1 Å². The van der Waals surface area contributed by atoms with Crippen LogP contribution in [0.3, 0.4) is 0 Å². The Kier molecular flexibility index (Phi) is 2.85. The molecule has 58 valence electrons. The van der Waals surface area contributed by atoms with Gasteiger partial charge in [0.1, 0.15) is 5.75 Å². The van der Waals surface area contributed by atoms with Crippen molar-refractivity contribution in [2.24, 2.45) is 0 Å². The van der Waals surface area contributed by atoms with Crippen LogP contribution in [0, 0.1) is 0 Å². The summed E-state index contributed by atoms with van der Waals surface area (Å²) in [6, 6.07) is 7.12. The normalized spacial score (nSPS) is 9.36. The van der Waals surface area contributed by atoms with Crippen LogP contribution in [-0.2, 0) is 0 Å². The van der Waals surface area contributed by atoms with Crippen LogP contribution < -0.4 is 10.2 Å². The lowest BCUT2D eigenvalue weighted by molar-refractivity contribution is 0.415. The van der Waals surface area contributed by atoms with E-state index in [0.29, 0.717) is 0 Å². The number of methoxy groups -OCH3 is 1. The van der Waals surface area contributed by atoms with Crippen LogP contribution in [0.5, 0.6) is 5.75 Å². The minimum absolute atomic E-state index is 0.707. The van der Waals surface area contributed by atoms with E-state index in [1.165, 1.54) is 0 Å². The van der Waals surface area contributed by atoms with Crippen molar-refractivity contribution in [2.75, 3.05) is 7.11 Å². The molecule has 0 spiro atoms. The third-order valence-electron chi connectivity index (χ3n) is 1.41. The largest absolute Gasteiger partial charge is 0.497 e. The van der Waals surface area contributed by atoms with E-state index in [9.17, 15) is 0 Å². The van der Waals surface area contributed by atoms with Gasteiger partial charge in [-0.3, -0.25) is 0 Å². The zero-order chi connectivity index (χ0) is 8.27. The topological polar surface area (TPSA) is 29.5 Å². The minimum Gasteiger partial charge on any atom is -0.497 e. The number of rotatable bonds is 2. The Hall–Kier alpha value is -0.605. The molecular weight excluding hydrogens is 159 g/mol. The molecular formula is C7H9BO2S. The average molecular weight is 168 g/mol. The molecule has 1 rings (SSSR count). The summed E-state index contributed by atoms with van der Waals surface area (Å²) in [7, 11) is 1.60. The second-order valence-electron chi connectivity index (χ2n) is 2.15. The maximum absolute atomic E-state index is 9.01. The van der Waals surface area contributed by atoms with Crippen LogP contribution in [0.25, 0.3) is 0 Å². The molecule has 0 aliphatic heterocycles. The lowest BCUT2D eigenvalue weighted by Gasteiger charge is -2.01. The third-order valence-corrected chi connectivity index (χ3v) is 1.71. The summed E-state index contributed by atoms with van der Waals surface area (Å²) in [6.07, 6.45) is -0.707. The average Bonchev–Trinajstić information content (AvgIpc) is 2.05. The molecule has 0 unspecified atom stereocenters. The molecule has 0 aliphatic rings. The van der Waals surface area contributed by atoms with Gasteiger partial charge in [-0.25, -0.2) is 0 Å². The van der Waals surface area contributed by atoms with Crippen LogP contribution in [0.15, 0.2) is 24.3 Å². The van der Waals surface area contributed by atoms with Crippen molar-refractivity contribution in [3.63, 3.8) is 0 Å². The highest BCUT2D eigenvalue weighted by molar-refractivity contribution is 8.10. The number of thiol groups is 1. The van der Waals surface area contributed by atoms with E-state index in [0.717, 1.165) is 11.2 Å². The summed E-state index contributed by atoms with van der Waals surface area (Å²) < 4.78 is 4.94. The fraction of sp³-hybridized carbons (Fsp3) is 0.143. The van der Waals surface area contributed by atoms with Crippen molar-refractivity contribution < 1.29 is 9.76 Å². The standard InChI is InChI=1S/C7H9BO2S/c1-10-7-4-2-6(3-5-7)8(9)11/h2-5,9,11H,1H3. The summed E-state index contributed by atoms with van der Waals surface area (Å²) in [5.41, 5.74) is 0.772. The van der Waals surface area contributed by atoms with Gasteiger partial charge in [0.15, 0.2) is 0 Å². The highest BCUT2D eigenvalue weighted by Crippen LogP contribution is 2.06. The van der Waals surface area contributed by atoms with Gasteiger partial charge in [0, 0.05) is 0 Å². The SMILES string of the molecule is COc1ccc(B(O)S)cc1. The van der Waals surface area contributed by atoms with E-state index in [-0.39, 0.29) is 0 Å². The Morgan fingerprint density at radius 2 is 1.91 bits per heavy atom. The summed E-state index contributed by atoms with van der Waals surface area (Å²) in [5, 5.41) is 9.01. The lowest BCUT2D eigenvalue weighted by Crippen LogP contribution is -2.23. The Bertz CT molecular complexity index is 222. The molecule has 0 amide bonds. The van der Waals surface area contributed by atoms with Gasteiger partial charge >= 0.3 is 6.19 Å². The Labute approximate surface area is 71.6 Å². The molecule has 11 heavy (non-hydrogen) atoms. The van der Waals surface area contributed by atoms with Crippen molar-refractivity contribution in [3.05, 3.63) is 24.3 Å². The number of hydrogen-bond acceptors (Lipinski definition) is 3. The van der Waals surface area contributed by atoms with Crippen LogP contribution in [0.4, 0.5) is 0 Å². The Morgan fingerprint density at radius 1 is 1.36 bits per heavy atom. The van der Waals surface area contributed by atoms with E-state index >= 15 is 0 Å². The van der Waals surface area contributed by atoms with Gasteiger partial charge in [0.25, 0.3) is 0 Å². The van der Waals surface area contributed by atoms with E-state index in [1.54, 1.807) is 31.4 Å². The minimum atomic E-state index is -0.707. The van der Waals surface area contributed by atoms with Crippen molar-refractivity contribution >= 4 is 24.1 Å². The summed E-state index contributed by atoms with van der Waals surface area (Å²) >= 11 is 3.87. The molecule has 2 nitrogen and oxygen atoms in total.